The van der Waals surface area contributed by atoms with E-state index in [1.165, 1.54) is 0 Å². The molecule has 0 aromatic carbocycles. The van der Waals surface area contributed by atoms with Gasteiger partial charge in [-0.1, -0.05) is 29.3 Å². The normalized spacial score (nSPS) is 25.7. The molecule has 1 unspecified atom stereocenters. The highest BCUT2D eigenvalue weighted by atomic mass is 35.5. The molecule has 0 spiro atoms. The Morgan fingerprint density at radius 2 is 2.30 bits per heavy atom. The van der Waals surface area contributed by atoms with Gasteiger partial charge in [0.05, 0.1) is 5.03 Å². The third kappa shape index (κ3) is 1.75. The fourth-order valence-electron chi connectivity index (χ4n) is 0.832. The number of halogens is 2. The maximum atomic E-state index is 8.72. The molecule has 0 radical (unpaired) electrons. The molecule has 0 saturated heterocycles. The molecule has 0 aliphatic heterocycles. The molecular formula is C7H8Cl2O. The number of rotatable bonds is 1. The Kier molecular flexibility index (Phi) is 2.78. The van der Waals surface area contributed by atoms with Gasteiger partial charge in [-0.05, 0) is 12.5 Å². The third-order valence-electron chi connectivity index (χ3n) is 1.45. The Bertz CT molecular complexity index is 184. The highest BCUT2D eigenvalue weighted by Crippen LogP contribution is 2.27. The van der Waals surface area contributed by atoms with Gasteiger partial charge in [-0.25, -0.2) is 0 Å². The van der Waals surface area contributed by atoms with Crippen LogP contribution in [0.4, 0.5) is 0 Å². The van der Waals surface area contributed by atoms with Gasteiger partial charge in [0.15, 0.2) is 0 Å². The molecule has 0 bridgehead atoms. The van der Waals surface area contributed by atoms with Crippen molar-refractivity contribution in [1.82, 2.24) is 0 Å². The lowest BCUT2D eigenvalue weighted by Crippen LogP contribution is -2.05. The molecular weight excluding hydrogens is 171 g/mol. The summed E-state index contributed by atoms with van der Waals surface area (Å²) in [6, 6.07) is 0. The third-order valence-corrected chi connectivity index (χ3v) is 2.26. The summed E-state index contributed by atoms with van der Waals surface area (Å²) < 4.78 is 0. The van der Waals surface area contributed by atoms with Crippen LogP contribution < -0.4 is 0 Å². The van der Waals surface area contributed by atoms with Crippen molar-refractivity contribution < 1.29 is 5.11 Å². The molecule has 10 heavy (non-hydrogen) atoms. The van der Waals surface area contributed by atoms with Crippen molar-refractivity contribution in [3.63, 3.8) is 0 Å². The average molecular weight is 179 g/mol. The van der Waals surface area contributed by atoms with Crippen LogP contribution in [0.2, 0.25) is 0 Å². The topological polar surface area (TPSA) is 20.2 Å². The Hall–Kier alpha value is 0.0200. The van der Waals surface area contributed by atoms with E-state index in [0.717, 1.165) is 0 Å². The van der Waals surface area contributed by atoms with Crippen LogP contribution in [-0.4, -0.2) is 11.7 Å². The average Bonchev–Trinajstić information content (AvgIpc) is 1.95. The second-order valence-corrected chi connectivity index (χ2v) is 3.12. The first-order chi connectivity index (χ1) is 4.74. The molecule has 56 valence electrons. The fourth-order valence-corrected chi connectivity index (χ4v) is 1.24. The summed E-state index contributed by atoms with van der Waals surface area (Å²) in [5.41, 5.74) is 0. The summed E-state index contributed by atoms with van der Waals surface area (Å²) in [6.45, 7) is 0.136. The Morgan fingerprint density at radius 3 is 2.80 bits per heavy atom. The molecule has 0 fully saturated rings. The molecule has 0 aromatic rings. The molecule has 1 atom stereocenters. The fraction of sp³-hybridized carbons (Fsp3) is 0.429. The summed E-state index contributed by atoms with van der Waals surface area (Å²) in [6.07, 6.45) is 4.26. The van der Waals surface area contributed by atoms with Gasteiger partial charge < -0.3 is 5.11 Å². The van der Waals surface area contributed by atoms with Gasteiger partial charge in [0, 0.05) is 17.6 Å². The lowest BCUT2D eigenvalue weighted by molar-refractivity contribution is 0.252. The molecule has 0 saturated carbocycles. The van der Waals surface area contributed by atoms with E-state index in [1.807, 2.05) is 6.08 Å². The highest BCUT2D eigenvalue weighted by Gasteiger charge is 2.12. The molecule has 1 aliphatic rings. The van der Waals surface area contributed by atoms with E-state index < -0.39 is 0 Å². The van der Waals surface area contributed by atoms with E-state index >= 15 is 0 Å². The van der Waals surface area contributed by atoms with Crippen LogP contribution in [0.3, 0.4) is 0 Å². The van der Waals surface area contributed by atoms with E-state index in [9.17, 15) is 0 Å². The van der Waals surface area contributed by atoms with E-state index in [1.54, 1.807) is 6.08 Å². The maximum absolute atomic E-state index is 8.72. The lowest BCUT2D eigenvalue weighted by atomic mass is 10.0. The molecule has 0 heterocycles. The van der Waals surface area contributed by atoms with Crippen molar-refractivity contribution in [2.45, 2.75) is 6.42 Å². The zero-order valence-corrected chi connectivity index (χ0v) is 6.86. The monoisotopic (exact) mass is 178 g/mol. The predicted molar refractivity (Wildman–Crippen MR) is 43.1 cm³/mol. The highest BCUT2D eigenvalue weighted by molar-refractivity contribution is 6.40. The van der Waals surface area contributed by atoms with Gasteiger partial charge in [0.25, 0.3) is 0 Å². The van der Waals surface area contributed by atoms with Crippen molar-refractivity contribution in [2.24, 2.45) is 5.92 Å². The largest absolute Gasteiger partial charge is 0.396 e. The second kappa shape index (κ2) is 3.42. The molecule has 1 aliphatic carbocycles. The van der Waals surface area contributed by atoms with E-state index in [-0.39, 0.29) is 12.5 Å². The minimum absolute atomic E-state index is 0.136. The van der Waals surface area contributed by atoms with E-state index in [2.05, 4.69) is 0 Å². The van der Waals surface area contributed by atoms with Gasteiger partial charge in [0.2, 0.25) is 0 Å². The van der Waals surface area contributed by atoms with Crippen LogP contribution in [0.5, 0.6) is 0 Å². The Morgan fingerprint density at radius 1 is 1.60 bits per heavy atom. The van der Waals surface area contributed by atoms with Crippen molar-refractivity contribution in [2.75, 3.05) is 6.61 Å². The number of hydrogen-bond donors (Lipinski definition) is 1. The maximum Gasteiger partial charge on any atom is 0.0548 e. The van der Waals surface area contributed by atoms with Crippen LogP contribution in [0.15, 0.2) is 22.2 Å². The first-order valence-electron chi connectivity index (χ1n) is 3.07. The van der Waals surface area contributed by atoms with Gasteiger partial charge in [0.1, 0.15) is 0 Å². The summed E-state index contributed by atoms with van der Waals surface area (Å²) in [5, 5.41) is 9.95. The minimum Gasteiger partial charge on any atom is -0.396 e. The number of aliphatic hydroxyl groups is 1. The second-order valence-electron chi connectivity index (χ2n) is 2.26. The predicted octanol–water partition coefficient (Wildman–Crippen LogP) is 2.24. The Labute approximate surface area is 69.9 Å². The number of hydrogen-bond acceptors (Lipinski definition) is 1. The first-order valence-corrected chi connectivity index (χ1v) is 3.83. The van der Waals surface area contributed by atoms with Gasteiger partial charge >= 0.3 is 0 Å². The van der Waals surface area contributed by atoms with Crippen LogP contribution in [0, 0.1) is 5.92 Å². The molecule has 1 nitrogen and oxygen atoms in total. The molecule has 1 rings (SSSR count). The summed E-state index contributed by atoms with van der Waals surface area (Å²) >= 11 is 11.4. The molecule has 3 heteroatoms. The van der Waals surface area contributed by atoms with Crippen LogP contribution in [-0.2, 0) is 0 Å². The smallest absolute Gasteiger partial charge is 0.0548 e. The standard InChI is InChI=1S/C7H8Cl2O/c8-6-2-1-5(4-10)3-7(6)9/h1-2,5,10H,3-4H2. The van der Waals surface area contributed by atoms with Crippen LogP contribution >= 0.6 is 23.2 Å². The summed E-state index contributed by atoms with van der Waals surface area (Å²) in [7, 11) is 0. The van der Waals surface area contributed by atoms with Gasteiger partial charge in [-0.2, -0.15) is 0 Å². The molecule has 0 aromatic heterocycles. The zero-order chi connectivity index (χ0) is 7.56. The minimum atomic E-state index is 0.136. The van der Waals surface area contributed by atoms with Crippen LogP contribution in [0.1, 0.15) is 6.42 Å². The molecule has 0 amide bonds. The number of aliphatic hydroxyl groups excluding tert-OH is 1. The summed E-state index contributed by atoms with van der Waals surface area (Å²) in [4.78, 5) is 0. The zero-order valence-electron chi connectivity index (χ0n) is 5.35. The van der Waals surface area contributed by atoms with Gasteiger partial charge in [-0.15, -0.1) is 0 Å². The van der Waals surface area contributed by atoms with E-state index in [0.29, 0.717) is 16.5 Å². The SMILES string of the molecule is OCC1C=CC(Cl)=C(Cl)C1. The van der Waals surface area contributed by atoms with Crippen molar-refractivity contribution in [3.05, 3.63) is 22.2 Å². The first kappa shape index (κ1) is 8.12. The van der Waals surface area contributed by atoms with Crippen molar-refractivity contribution >= 4 is 23.2 Å². The van der Waals surface area contributed by atoms with Gasteiger partial charge in [-0.3, -0.25) is 0 Å². The summed E-state index contributed by atoms with van der Waals surface area (Å²) in [5.74, 6) is 0.148. The Balaban J connectivity index is 2.65. The van der Waals surface area contributed by atoms with Crippen molar-refractivity contribution in [3.8, 4) is 0 Å². The lowest BCUT2D eigenvalue weighted by Gasteiger charge is -2.13. The quantitative estimate of drug-likeness (QED) is 0.654. The van der Waals surface area contributed by atoms with Crippen molar-refractivity contribution in [1.29, 1.82) is 0 Å². The molecule has 1 N–H and O–H groups in total. The van der Waals surface area contributed by atoms with Crippen LogP contribution in [0.25, 0.3) is 0 Å². The van der Waals surface area contributed by atoms with E-state index in [4.69, 9.17) is 28.3 Å². The number of allylic oxidation sites excluding steroid dienone is 3.